The first-order chi connectivity index (χ1) is 10.6. The first kappa shape index (κ1) is 13.1. The number of likely N-dealkylation sites (tertiary alicyclic amines) is 1. The Morgan fingerprint density at radius 1 is 1.32 bits per heavy atom. The second-order valence-corrected chi connectivity index (χ2v) is 7.33. The Morgan fingerprint density at radius 2 is 2.05 bits per heavy atom. The van der Waals surface area contributed by atoms with E-state index in [2.05, 4.69) is 31.2 Å². The Bertz CT molecular complexity index is 657. The number of aryl methyl sites for hydroxylation is 1. The highest BCUT2D eigenvalue weighted by Gasteiger charge is 2.78. The van der Waals surface area contributed by atoms with Gasteiger partial charge >= 0.3 is 0 Å². The highest BCUT2D eigenvalue weighted by atomic mass is 16.6. The fraction of sp³-hybridized carbons (Fsp3) is 0.611. The molecule has 1 aromatic carbocycles. The molecule has 4 fully saturated rings. The summed E-state index contributed by atoms with van der Waals surface area (Å²) in [5.41, 5.74) is 1.63. The molecule has 1 aromatic rings. The zero-order valence-electron chi connectivity index (χ0n) is 12.9. The monoisotopic (exact) mass is 299 g/mol. The van der Waals surface area contributed by atoms with Crippen LogP contribution in [-0.4, -0.2) is 34.7 Å². The molecule has 116 valence electrons. The fourth-order valence-electron chi connectivity index (χ4n) is 5.83. The van der Waals surface area contributed by atoms with Crippen LogP contribution in [0.4, 0.5) is 0 Å². The van der Waals surface area contributed by atoms with Crippen molar-refractivity contribution in [2.45, 2.75) is 38.2 Å². The molecule has 2 aliphatic carbocycles. The summed E-state index contributed by atoms with van der Waals surface area (Å²) < 4.78 is 6.48. The molecule has 7 atom stereocenters. The van der Waals surface area contributed by atoms with Gasteiger partial charge in [-0.05, 0) is 32.1 Å². The van der Waals surface area contributed by atoms with Crippen LogP contribution in [-0.2, 0) is 15.3 Å². The average Bonchev–Trinajstić information content (AvgIpc) is 3.16. The summed E-state index contributed by atoms with van der Waals surface area (Å²) in [7, 11) is 0. The van der Waals surface area contributed by atoms with Gasteiger partial charge in [0.05, 0.1) is 18.1 Å². The van der Waals surface area contributed by atoms with Crippen molar-refractivity contribution in [1.29, 1.82) is 0 Å². The van der Waals surface area contributed by atoms with Gasteiger partial charge in [-0.25, -0.2) is 0 Å². The van der Waals surface area contributed by atoms with E-state index in [0.717, 1.165) is 12.0 Å². The highest BCUT2D eigenvalue weighted by Crippen LogP contribution is 2.70. The van der Waals surface area contributed by atoms with Gasteiger partial charge in [-0.2, -0.15) is 0 Å². The number of ether oxygens (including phenoxy) is 1. The first-order valence-electron chi connectivity index (χ1n) is 8.34. The number of hydrogen-bond acceptors (Lipinski definition) is 3. The Labute approximate surface area is 130 Å². The van der Waals surface area contributed by atoms with Crippen molar-refractivity contribution < 1.29 is 14.6 Å². The lowest BCUT2D eigenvalue weighted by Crippen LogP contribution is -2.48. The van der Waals surface area contributed by atoms with Crippen LogP contribution >= 0.6 is 0 Å². The van der Waals surface area contributed by atoms with Gasteiger partial charge in [0.1, 0.15) is 0 Å². The highest BCUT2D eigenvalue weighted by molar-refractivity contribution is 5.85. The molecule has 1 amide bonds. The maximum atomic E-state index is 13.0. The lowest BCUT2D eigenvalue weighted by molar-refractivity contribution is -0.181. The third-order valence-corrected chi connectivity index (χ3v) is 6.55. The maximum Gasteiger partial charge on any atom is 0.229 e. The quantitative estimate of drug-likeness (QED) is 0.903. The van der Waals surface area contributed by atoms with E-state index in [1.54, 1.807) is 0 Å². The van der Waals surface area contributed by atoms with Crippen molar-refractivity contribution in [1.82, 2.24) is 4.90 Å². The van der Waals surface area contributed by atoms with Crippen LogP contribution in [0.15, 0.2) is 24.3 Å². The Kier molecular flexibility index (Phi) is 2.33. The summed E-state index contributed by atoms with van der Waals surface area (Å²) >= 11 is 0. The summed E-state index contributed by atoms with van der Waals surface area (Å²) in [4.78, 5) is 14.9. The minimum absolute atomic E-state index is 0.0556. The van der Waals surface area contributed by atoms with Gasteiger partial charge in [-0.15, -0.1) is 0 Å². The Balaban J connectivity index is 1.72. The second kappa shape index (κ2) is 3.92. The Hall–Kier alpha value is -1.39. The van der Waals surface area contributed by atoms with Gasteiger partial charge in [0.15, 0.2) is 5.72 Å². The van der Waals surface area contributed by atoms with Crippen molar-refractivity contribution in [2.75, 3.05) is 6.54 Å². The molecule has 0 spiro atoms. The number of fused-ring (bicyclic) bond motifs is 2. The standard InChI is InChI=1S/C18H21NO3/c1-3-19-17(21)13-11-8-12-14(13)18(19,22-16(12)15(11)20)10-6-4-9(2)5-7-10/h4-7,11-16,20H,3,8H2,1-2H3. The van der Waals surface area contributed by atoms with Crippen molar-refractivity contribution in [3.63, 3.8) is 0 Å². The normalized spacial score (nSPS) is 47.8. The molecule has 2 bridgehead atoms. The number of amides is 1. The van der Waals surface area contributed by atoms with E-state index in [9.17, 15) is 9.90 Å². The van der Waals surface area contributed by atoms with Gasteiger partial charge in [0.25, 0.3) is 0 Å². The third-order valence-electron chi connectivity index (χ3n) is 6.55. The van der Waals surface area contributed by atoms with Crippen LogP contribution < -0.4 is 0 Å². The number of carbonyl (C=O) groups is 1. The topological polar surface area (TPSA) is 49.8 Å². The SMILES string of the molecule is CCN1C(=O)C2C3CC4C(OC1(c1ccc(C)cc1)C42)C3O. The molecule has 7 unspecified atom stereocenters. The number of hydrogen-bond donors (Lipinski definition) is 1. The van der Waals surface area contributed by atoms with Crippen LogP contribution in [0.1, 0.15) is 24.5 Å². The van der Waals surface area contributed by atoms with Crippen molar-refractivity contribution >= 4 is 5.91 Å². The van der Waals surface area contributed by atoms with E-state index in [-0.39, 0.29) is 29.8 Å². The molecule has 4 nitrogen and oxygen atoms in total. The lowest BCUT2D eigenvalue weighted by Gasteiger charge is -2.39. The second-order valence-electron chi connectivity index (χ2n) is 7.33. The summed E-state index contributed by atoms with van der Waals surface area (Å²) in [6, 6.07) is 8.36. The predicted octanol–water partition coefficient (Wildman–Crippen LogP) is 1.65. The zero-order valence-corrected chi connectivity index (χ0v) is 12.9. The van der Waals surface area contributed by atoms with E-state index < -0.39 is 11.8 Å². The molecule has 0 radical (unpaired) electrons. The number of carbonyl (C=O) groups excluding carboxylic acids is 1. The molecule has 2 saturated carbocycles. The van der Waals surface area contributed by atoms with E-state index in [1.807, 2.05) is 11.8 Å². The smallest absolute Gasteiger partial charge is 0.229 e. The van der Waals surface area contributed by atoms with Crippen molar-refractivity contribution in [2.24, 2.45) is 23.7 Å². The molecular weight excluding hydrogens is 278 g/mol. The minimum Gasteiger partial charge on any atom is -0.390 e. The minimum atomic E-state index is -0.647. The molecule has 1 N–H and O–H groups in total. The molecule has 22 heavy (non-hydrogen) atoms. The number of rotatable bonds is 2. The molecule has 4 aliphatic rings. The van der Waals surface area contributed by atoms with Gasteiger partial charge < -0.3 is 14.7 Å². The zero-order chi connectivity index (χ0) is 15.2. The van der Waals surface area contributed by atoms with Crippen LogP contribution in [0.2, 0.25) is 0 Å². The maximum absolute atomic E-state index is 13.0. The van der Waals surface area contributed by atoms with E-state index in [1.165, 1.54) is 5.56 Å². The van der Waals surface area contributed by atoms with Crippen molar-refractivity contribution in [3.05, 3.63) is 35.4 Å². The van der Waals surface area contributed by atoms with Crippen molar-refractivity contribution in [3.8, 4) is 0 Å². The van der Waals surface area contributed by atoms with Gasteiger partial charge in [0, 0.05) is 18.0 Å². The summed E-state index contributed by atoms with van der Waals surface area (Å²) in [6.07, 6.45) is 0.370. The third kappa shape index (κ3) is 1.19. The van der Waals surface area contributed by atoms with E-state index in [4.69, 9.17) is 4.74 Å². The van der Waals surface area contributed by atoms with Crippen LogP contribution in [0.3, 0.4) is 0 Å². The molecule has 4 heteroatoms. The van der Waals surface area contributed by atoms with Gasteiger partial charge in [0.2, 0.25) is 5.91 Å². The van der Waals surface area contributed by atoms with Gasteiger partial charge in [-0.1, -0.05) is 29.8 Å². The number of benzene rings is 1. The predicted molar refractivity (Wildman–Crippen MR) is 79.7 cm³/mol. The lowest BCUT2D eigenvalue weighted by atomic mass is 9.75. The van der Waals surface area contributed by atoms with Crippen LogP contribution in [0, 0.1) is 30.6 Å². The van der Waals surface area contributed by atoms with Crippen LogP contribution in [0.25, 0.3) is 0 Å². The molecular formula is C18H21NO3. The first-order valence-corrected chi connectivity index (χ1v) is 8.34. The fourth-order valence-corrected chi connectivity index (χ4v) is 5.83. The number of nitrogens with zero attached hydrogens (tertiary/aromatic N) is 1. The largest absolute Gasteiger partial charge is 0.390 e. The molecule has 2 saturated heterocycles. The summed E-state index contributed by atoms with van der Waals surface area (Å²) in [5.74, 6) is 0.752. The van der Waals surface area contributed by atoms with E-state index in [0.29, 0.717) is 12.5 Å². The summed E-state index contributed by atoms with van der Waals surface area (Å²) in [5, 5.41) is 10.5. The molecule has 5 rings (SSSR count). The average molecular weight is 299 g/mol. The molecule has 2 aliphatic heterocycles. The molecule has 2 heterocycles. The molecule has 0 aromatic heterocycles. The number of aliphatic hydroxyl groups excluding tert-OH is 1. The summed E-state index contributed by atoms with van der Waals surface area (Å²) in [6.45, 7) is 4.74. The van der Waals surface area contributed by atoms with Crippen LogP contribution in [0.5, 0.6) is 0 Å². The Morgan fingerprint density at radius 3 is 2.73 bits per heavy atom. The van der Waals surface area contributed by atoms with E-state index >= 15 is 0 Å². The number of aliphatic hydroxyl groups is 1. The van der Waals surface area contributed by atoms with Gasteiger partial charge in [-0.3, -0.25) is 4.79 Å².